The predicted octanol–water partition coefficient (Wildman–Crippen LogP) is 3.94. The maximum Gasteiger partial charge on any atom is 0.147 e. The lowest BCUT2D eigenvalue weighted by Crippen LogP contribution is -2.10. The number of hydrogen-bond donors (Lipinski definition) is 1. The average molecular weight is 234 g/mol. The van der Waals surface area contributed by atoms with Crippen LogP contribution < -0.4 is 5.32 Å². The Morgan fingerprint density at radius 1 is 1.35 bits per heavy atom. The second kappa shape index (κ2) is 5.67. The van der Waals surface area contributed by atoms with Crippen molar-refractivity contribution < 1.29 is 4.39 Å². The number of halogens is 1. The Labute approximate surface area is 102 Å². The molecule has 0 saturated heterocycles. The van der Waals surface area contributed by atoms with Crippen molar-refractivity contribution in [2.45, 2.75) is 33.6 Å². The van der Waals surface area contributed by atoms with Gasteiger partial charge >= 0.3 is 0 Å². The van der Waals surface area contributed by atoms with Crippen LogP contribution in [0, 0.1) is 22.6 Å². The number of hydrogen-bond acceptors (Lipinski definition) is 2. The van der Waals surface area contributed by atoms with Crippen LogP contribution in [-0.2, 0) is 0 Å². The topological polar surface area (TPSA) is 35.8 Å². The summed E-state index contributed by atoms with van der Waals surface area (Å²) in [4.78, 5) is 0. The van der Waals surface area contributed by atoms with Crippen molar-refractivity contribution in [3.63, 3.8) is 0 Å². The van der Waals surface area contributed by atoms with Crippen LogP contribution >= 0.6 is 0 Å². The third-order valence-corrected chi connectivity index (χ3v) is 2.52. The van der Waals surface area contributed by atoms with Crippen molar-refractivity contribution in [3.05, 3.63) is 29.6 Å². The Morgan fingerprint density at radius 3 is 2.59 bits per heavy atom. The summed E-state index contributed by atoms with van der Waals surface area (Å²) in [5, 5.41) is 11.7. The molecular formula is C14H19FN2. The summed E-state index contributed by atoms with van der Waals surface area (Å²) in [5.74, 6) is -0.361. The van der Waals surface area contributed by atoms with Crippen molar-refractivity contribution in [2.75, 3.05) is 11.9 Å². The summed E-state index contributed by atoms with van der Waals surface area (Å²) in [6.45, 7) is 7.32. The molecule has 0 aliphatic heterocycles. The molecule has 3 heteroatoms. The summed E-state index contributed by atoms with van der Waals surface area (Å²) < 4.78 is 13.5. The van der Waals surface area contributed by atoms with E-state index in [4.69, 9.17) is 5.26 Å². The molecule has 92 valence electrons. The fourth-order valence-electron chi connectivity index (χ4n) is 1.57. The van der Waals surface area contributed by atoms with Crippen molar-refractivity contribution in [3.8, 4) is 6.07 Å². The van der Waals surface area contributed by atoms with Crippen LogP contribution in [0.15, 0.2) is 18.2 Å². The molecular weight excluding hydrogens is 215 g/mol. The molecule has 2 nitrogen and oxygen atoms in total. The van der Waals surface area contributed by atoms with E-state index < -0.39 is 0 Å². The van der Waals surface area contributed by atoms with Crippen LogP contribution in [-0.4, -0.2) is 6.54 Å². The van der Waals surface area contributed by atoms with Crippen molar-refractivity contribution >= 4 is 5.69 Å². The van der Waals surface area contributed by atoms with E-state index in [1.807, 2.05) is 6.07 Å². The number of nitriles is 1. The van der Waals surface area contributed by atoms with Gasteiger partial charge in [0, 0.05) is 6.54 Å². The minimum Gasteiger partial charge on any atom is -0.383 e. The fourth-order valence-corrected chi connectivity index (χ4v) is 1.57. The van der Waals surface area contributed by atoms with Gasteiger partial charge in [-0.1, -0.05) is 20.8 Å². The minimum atomic E-state index is -0.361. The van der Waals surface area contributed by atoms with Gasteiger partial charge in [-0.25, -0.2) is 4.39 Å². The van der Waals surface area contributed by atoms with E-state index in [-0.39, 0.29) is 5.82 Å². The van der Waals surface area contributed by atoms with E-state index in [1.54, 1.807) is 12.1 Å². The second-order valence-electron chi connectivity index (χ2n) is 5.40. The molecule has 0 amide bonds. The van der Waals surface area contributed by atoms with Crippen LogP contribution in [0.25, 0.3) is 0 Å². The SMILES string of the molecule is CC(C)(C)CCCNc1ccc(C#N)cc1F. The van der Waals surface area contributed by atoms with E-state index in [0.29, 0.717) is 16.7 Å². The lowest BCUT2D eigenvalue weighted by Gasteiger charge is -2.18. The highest BCUT2D eigenvalue weighted by Gasteiger charge is 2.09. The Hall–Kier alpha value is -1.56. The first kappa shape index (κ1) is 13.5. The van der Waals surface area contributed by atoms with Gasteiger partial charge in [0.25, 0.3) is 0 Å². The van der Waals surface area contributed by atoms with E-state index in [1.165, 1.54) is 6.07 Å². The third kappa shape index (κ3) is 4.86. The van der Waals surface area contributed by atoms with E-state index in [9.17, 15) is 4.39 Å². The summed E-state index contributed by atoms with van der Waals surface area (Å²) in [6.07, 6.45) is 2.10. The van der Waals surface area contributed by atoms with Gasteiger partial charge in [0.05, 0.1) is 17.3 Å². The smallest absolute Gasteiger partial charge is 0.147 e. The Balaban J connectivity index is 2.45. The van der Waals surface area contributed by atoms with E-state index in [2.05, 4.69) is 26.1 Å². The molecule has 0 heterocycles. The highest BCUT2D eigenvalue weighted by Crippen LogP contribution is 2.21. The molecule has 0 aliphatic carbocycles. The highest BCUT2D eigenvalue weighted by atomic mass is 19.1. The molecule has 0 radical (unpaired) electrons. The summed E-state index contributed by atoms with van der Waals surface area (Å²) >= 11 is 0. The van der Waals surface area contributed by atoms with Crippen molar-refractivity contribution in [1.29, 1.82) is 5.26 Å². The van der Waals surface area contributed by atoms with Gasteiger partial charge in [0.2, 0.25) is 0 Å². The molecule has 1 aromatic carbocycles. The molecule has 0 bridgehead atoms. The van der Waals surface area contributed by atoms with E-state index >= 15 is 0 Å². The van der Waals surface area contributed by atoms with Crippen LogP contribution in [0.2, 0.25) is 0 Å². The number of nitrogens with one attached hydrogen (secondary N) is 1. The fraction of sp³-hybridized carbons (Fsp3) is 0.500. The van der Waals surface area contributed by atoms with Gasteiger partial charge in [0.1, 0.15) is 5.82 Å². The molecule has 0 spiro atoms. The van der Waals surface area contributed by atoms with Crippen molar-refractivity contribution in [2.24, 2.45) is 5.41 Å². The van der Waals surface area contributed by atoms with Crippen LogP contribution in [0.4, 0.5) is 10.1 Å². The summed E-state index contributed by atoms with van der Waals surface area (Å²) in [7, 11) is 0. The molecule has 1 N–H and O–H groups in total. The Kier molecular flexibility index (Phi) is 4.51. The number of benzene rings is 1. The Morgan fingerprint density at radius 2 is 2.06 bits per heavy atom. The van der Waals surface area contributed by atoms with Gasteiger partial charge in [-0.3, -0.25) is 0 Å². The van der Waals surface area contributed by atoms with Gasteiger partial charge in [0.15, 0.2) is 0 Å². The maximum absolute atomic E-state index is 13.5. The molecule has 17 heavy (non-hydrogen) atoms. The highest BCUT2D eigenvalue weighted by molar-refractivity contribution is 5.48. The largest absolute Gasteiger partial charge is 0.383 e. The number of anilines is 1. The molecule has 1 aromatic rings. The van der Waals surface area contributed by atoms with Crippen LogP contribution in [0.5, 0.6) is 0 Å². The first-order valence-electron chi connectivity index (χ1n) is 5.86. The zero-order valence-corrected chi connectivity index (χ0v) is 10.7. The van der Waals surface area contributed by atoms with Gasteiger partial charge < -0.3 is 5.32 Å². The van der Waals surface area contributed by atoms with Gasteiger partial charge in [-0.15, -0.1) is 0 Å². The second-order valence-corrected chi connectivity index (χ2v) is 5.40. The predicted molar refractivity (Wildman–Crippen MR) is 68.3 cm³/mol. The molecule has 0 aromatic heterocycles. The molecule has 0 aliphatic rings. The molecule has 1 rings (SSSR count). The zero-order chi connectivity index (χ0) is 12.9. The van der Waals surface area contributed by atoms with Crippen LogP contribution in [0.1, 0.15) is 39.2 Å². The van der Waals surface area contributed by atoms with Gasteiger partial charge in [-0.05, 0) is 36.5 Å². The average Bonchev–Trinajstić information content (AvgIpc) is 2.24. The van der Waals surface area contributed by atoms with E-state index in [0.717, 1.165) is 19.4 Å². The molecule has 0 atom stereocenters. The first-order valence-corrected chi connectivity index (χ1v) is 5.86. The standard InChI is InChI=1S/C14H19FN2/c1-14(2,3)7-4-8-17-13-6-5-11(10-16)9-12(13)15/h5-6,9,17H,4,7-8H2,1-3H3. The monoisotopic (exact) mass is 234 g/mol. The summed E-state index contributed by atoms with van der Waals surface area (Å²) in [6, 6.07) is 6.41. The lowest BCUT2D eigenvalue weighted by molar-refractivity contribution is 0.370. The van der Waals surface area contributed by atoms with Crippen LogP contribution in [0.3, 0.4) is 0 Å². The molecule has 0 unspecified atom stereocenters. The molecule has 0 saturated carbocycles. The normalized spacial score (nSPS) is 11.0. The lowest BCUT2D eigenvalue weighted by atomic mass is 9.91. The minimum absolute atomic E-state index is 0.310. The Bertz CT molecular complexity index is 413. The number of rotatable bonds is 4. The number of nitrogens with zero attached hydrogens (tertiary/aromatic N) is 1. The third-order valence-electron chi connectivity index (χ3n) is 2.52. The first-order chi connectivity index (χ1) is 7.92. The quantitative estimate of drug-likeness (QED) is 0.801. The summed E-state index contributed by atoms with van der Waals surface area (Å²) in [5.41, 5.74) is 1.13. The van der Waals surface area contributed by atoms with Gasteiger partial charge in [-0.2, -0.15) is 5.26 Å². The zero-order valence-electron chi connectivity index (χ0n) is 10.7. The maximum atomic E-state index is 13.5. The molecule has 0 fully saturated rings. The van der Waals surface area contributed by atoms with Crippen molar-refractivity contribution in [1.82, 2.24) is 0 Å².